The Morgan fingerprint density at radius 2 is 1.81 bits per heavy atom. The number of aromatic hydroxyl groups is 1. The van der Waals surface area contributed by atoms with Crippen molar-refractivity contribution in [3.05, 3.63) is 35.1 Å². The number of benzene rings is 1. The third kappa shape index (κ3) is 4.86. The van der Waals surface area contributed by atoms with Crippen LogP contribution in [0, 0.1) is 0 Å². The number of carboxylic acid groups (broad SMARTS) is 2. The first kappa shape index (κ1) is 30.3. The number of esters is 3. The monoisotopic (exact) mass is 605 g/mol. The van der Waals surface area contributed by atoms with Crippen molar-refractivity contribution in [3.8, 4) is 11.5 Å². The predicted molar refractivity (Wildman–Crippen MR) is 139 cm³/mol. The number of likely N-dealkylation sites (N-methyl/N-ethyl adjacent to an activating group) is 1. The zero-order valence-electron chi connectivity index (χ0n) is 23.2. The van der Waals surface area contributed by atoms with E-state index in [1.807, 2.05) is 7.05 Å². The Kier molecular flexibility index (Phi) is 7.61. The van der Waals surface area contributed by atoms with Crippen LogP contribution in [0.4, 0.5) is 0 Å². The minimum Gasteiger partial charge on any atom is -0.504 e. The molecule has 5 N–H and O–H groups in total. The van der Waals surface area contributed by atoms with E-state index in [1.54, 1.807) is 6.07 Å². The Balaban J connectivity index is 1.40. The maximum Gasteiger partial charge on any atom is 0.348 e. The lowest BCUT2D eigenvalue weighted by Gasteiger charge is -2.61. The summed E-state index contributed by atoms with van der Waals surface area (Å²) in [6.07, 6.45) is -6.44. The quantitative estimate of drug-likeness (QED) is 0.165. The molecule has 1 saturated heterocycles. The molecule has 2 heterocycles. The Labute approximate surface area is 244 Å². The van der Waals surface area contributed by atoms with Gasteiger partial charge in [-0.15, -0.1) is 0 Å². The number of carbonyl (C=O) groups is 5. The lowest BCUT2D eigenvalue weighted by atomic mass is 9.50. The van der Waals surface area contributed by atoms with E-state index in [-0.39, 0.29) is 29.7 Å². The summed E-state index contributed by atoms with van der Waals surface area (Å²) in [5.74, 6) is -7.11. The van der Waals surface area contributed by atoms with E-state index in [0.29, 0.717) is 24.9 Å². The normalized spacial score (nSPS) is 28.7. The number of phenolic OH excluding ortho intramolecular Hbond substituents is 1. The summed E-state index contributed by atoms with van der Waals surface area (Å²) in [6.45, 7) is 1.60. The van der Waals surface area contributed by atoms with E-state index in [2.05, 4.69) is 4.90 Å². The molecule has 2 unspecified atom stereocenters. The number of piperidine rings is 1. The van der Waals surface area contributed by atoms with Gasteiger partial charge in [0.15, 0.2) is 29.8 Å². The molecule has 15 heteroatoms. The summed E-state index contributed by atoms with van der Waals surface area (Å²) in [7, 11) is 1.91. The van der Waals surface area contributed by atoms with Crippen LogP contribution in [0.2, 0.25) is 0 Å². The number of carboxylic acids is 2. The molecule has 7 atom stereocenters. The molecule has 0 amide bonds. The third-order valence-corrected chi connectivity index (χ3v) is 8.76. The molecule has 0 saturated carbocycles. The van der Waals surface area contributed by atoms with Crippen LogP contribution in [0.15, 0.2) is 24.0 Å². The highest BCUT2D eigenvalue weighted by Crippen LogP contribution is 2.65. The first-order valence-electron chi connectivity index (χ1n) is 13.6. The maximum atomic E-state index is 13.2. The number of ether oxygens (including phenoxy) is 4. The fraction of sp³-hybridized carbons (Fsp3) is 0.536. The number of aliphatic hydroxyl groups is 2. The Morgan fingerprint density at radius 1 is 1.09 bits per heavy atom. The van der Waals surface area contributed by atoms with Gasteiger partial charge in [-0.2, -0.15) is 0 Å². The van der Waals surface area contributed by atoms with Crippen molar-refractivity contribution in [1.29, 1.82) is 0 Å². The van der Waals surface area contributed by atoms with Crippen molar-refractivity contribution in [3.63, 3.8) is 0 Å². The van der Waals surface area contributed by atoms with Crippen molar-refractivity contribution in [1.82, 2.24) is 4.90 Å². The molecule has 15 nitrogen and oxygen atoms in total. The van der Waals surface area contributed by atoms with Crippen molar-refractivity contribution in [2.75, 3.05) is 13.6 Å². The predicted octanol–water partition coefficient (Wildman–Crippen LogP) is -0.633. The van der Waals surface area contributed by atoms with E-state index in [4.69, 9.17) is 29.2 Å². The van der Waals surface area contributed by atoms with E-state index in [0.717, 1.165) is 12.5 Å². The second-order valence-corrected chi connectivity index (χ2v) is 11.2. The van der Waals surface area contributed by atoms with Gasteiger partial charge in [-0.3, -0.25) is 9.59 Å². The van der Waals surface area contributed by atoms with Gasteiger partial charge in [0.2, 0.25) is 6.10 Å². The van der Waals surface area contributed by atoms with Crippen molar-refractivity contribution in [2.24, 2.45) is 0 Å². The van der Waals surface area contributed by atoms with E-state index >= 15 is 0 Å². The van der Waals surface area contributed by atoms with Crippen LogP contribution >= 0.6 is 0 Å². The van der Waals surface area contributed by atoms with Gasteiger partial charge in [0.1, 0.15) is 5.76 Å². The van der Waals surface area contributed by atoms with Crippen LogP contribution in [0.25, 0.3) is 0 Å². The van der Waals surface area contributed by atoms with Crippen molar-refractivity contribution in [2.45, 2.75) is 80.5 Å². The van der Waals surface area contributed by atoms with Crippen LogP contribution in [0.1, 0.15) is 43.7 Å². The molecule has 1 spiro atoms. The third-order valence-electron chi connectivity index (χ3n) is 8.76. The molecule has 2 aliphatic carbocycles. The number of hydrogen-bond acceptors (Lipinski definition) is 13. The van der Waals surface area contributed by atoms with Gasteiger partial charge in [0, 0.05) is 18.0 Å². The van der Waals surface area contributed by atoms with Crippen LogP contribution in [-0.2, 0) is 50.0 Å². The summed E-state index contributed by atoms with van der Waals surface area (Å²) in [6, 6.07) is 2.99. The number of hydrogen-bond donors (Lipinski definition) is 5. The van der Waals surface area contributed by atoms with Crippen LogP contribution in [0.5, 0.6) is 11.5 Å². The van der Waals surface area contributed by atoms with Gasteiger partial charge in [-0.1, -0.05) is 6.07 Å². The molecule has 5 rings (SSSR count). The Morgan fingerprint density at radius 3 is 2.49 bits per heavy atom. The average molecular weight is 606 g/mol. The molecule has 1 aromatic rings. The molecular weight excluding hydrogens is 574 g/mol. The topological polar surface area (TPSA) is 227 Å². The summed E-state index contributed by atoms with van der Waals surface area (Å²) >= 11 is 0. The minimum absolute atomic E-state index is 0.0000698. The van der Waals surface area contributed by atoms with Gasteiger partial charge in [0.05, 0.1) is 23.9 Å². The number of carbonyl (C=O) groups excluding carboxylic acids is 3. The van der Waals surface area contributed by atoms with Crippen LogP contribution in [-0.4, -0.2) is 110 Å². The number of nitrogens with zero attached hydrogens (tertiary/aromatic N) is 1. The smallest absolute Gasteiger partial charge is 0.348 e. The molecule has 4 aliphatic rings. The van der Waals surface area contributed by atoms with Gasteiger partial charge >= 0.3 is 29.8 Å². The van der Waals surface area contributed by atoms with Gasteiger partial charge < -0.3 is 49.4 Å². The highest BCUT2D eigenvalue weighted by Gasteiger charge is 2.72. The summed E-state index contributed by atoms with van der Waals surface area (Å²) < 4.78 is 21.4. The number of likely N-dealkylation sites (tertiary alicyclic amines) is 1. The molecule has 1 fully saturated rings. The van der Waals surface area contributed by atoms with E-state index in [9.17, 15) is 39.3 Å². The summed E-state index contributed by atoms with van der Waals surface area (Å²) in [4.78, 5) is 62.1. The maximum absolute atomic E-state index is 13.2. The number of rotatable bonds is 10. The second kappa shape index (κ2) is 10.8. The average Bonchev–Trinajstić information content (AvgIpc) is 3.29. The zero-order valence-corrected chi connectivity index (χ0v) is 23.2. The van der Waals surface area contributed by atoms with Crippen LogP contribution < -0.4 is 4.74 Å². The van der Waals surface area contributed by atoms with Crippen molar-refractivity contribution >= 4 is 29.8 Å². The standard InChI is InChI=1S/C28H31NO14/c1-12(24(34)35)40-26(38)17(42-19(32)10-15(31)25(36)37)11-20(33)41-16-5-6-28(39)18-9-13-3-4-14(30)22-21(13)27(28,23(16)43-22)7-8-29(18)2/h3-5,12,15,17-18,23,30-31,39H,6-11H2,1-2H3,(H,34,35)(H,36,37)/t12-,15?,17?,18+,23-,27-,28+/m0/s1. The summed E-state index contributed by atoms with van der Waals surface area (Å²) in [5, 5.41) is 50.2. The largest absolute Gasteiger partial charge is 0.504 e. The highest BCUT2D eigenvalue weighted by atomic mass is 16.6. The fourth-order valence-electron chi connectivity index (χ4n) is 6.69. The minimum atomic E-state index is -2.16. The van der Waals surface area contributed by atoms with Gasteiger partial charge in [-0.05, 0) is 51.1 Å². The van der Waals surface area contributed by atoms with E-state index in [1.165, 1.54) is 12.1 Å². The second-order valence-electron chi connectivity index (χ2n) is 11.2. The lowest BCUT2D eigenvalue weighted by molar-refractivity contribution is -0.180. The molecule has 232 valence electrons. The molecular formula is C28H31NO14. The molecule has 1 aromatic carbocycles. The number of aliphatic hydroxyl groups excluding tert-OH is 1. The van der Waals surface area contributed by atoms with Gasteiger partial charge in [-0.25, -0.2) is 14.4 Å². The molecule has 2 bridgehead atoms. The molecule has 2 aliphatic heterocycles. The van der Waals surface area contributed by atoms with Gasteiger partial charge in [0.25, 0.3) is 0 Å². The zero-order chi connectivity index (χ0) is 31.4. The summed E-state index contributed by atoms with van der Waals surface area (Å²) in [5.41, 5.74) is -0.854. The Bertz CT molecular complexity index is 1420. The van der Waals surface area contributed by atoms with Crippen LogP contribution in [0.3, 0.4) is 0 Å². The fourth-order valence-corrected chi connectivity index (χ4v) is 6.69. The van der Waals surface area contributed by atoms with Crippen molar-refractivity contribution < 1.29 is 68.5 Å². The highest BCUT2D eigenvalue weighted by molar-refractivity contribution is 5.87. The van der Waals surface area contributed by atoms with E-state index < -0.39 is 78.1 Å². The number of phenols is 1. The molecule has 0 aromatic heterocycles. The first-order valence-corrected chi connectivity index (χ1v) is 13.6. The molecule has 0 radical (unpaired) electrons. The molecule has 43 heavy (non-hydrogen) atoms. The first-order chi connectivity index (χ1) is 20.2. The lowest BCUT2D eigenvalue weighted by Crippen LogP contribution is -2.74. The SMILES string of the molecule is C[C@H](OC(=O)C(CC(=O)OC1=CC[C@@]2(O)[C@H]3Cc4ccc(O)c5c4[C@@]2(CCN3C)[C@H]1O5)OC(=O)CC(O)C(=O)O)C(=O)O. The number of aliphatic carboxylic acids is 2. The Hall–Kier alpha value is -4.21.